The number of tetrazole rings is 1. The molecule has 3 rings (SSSR count). The smallest absolute Gasteiger partial charge is 0.335 e. The minimum absolute atomic E-state index is 0.201. The first-order chi connectivity index (χ1) is 10.2. The molecule has 3 aromatic rings. The zero-order valence-corrected chi connectivity index (χ0v) is 11.0. The molecule has 1 aromatic heterocycles. The Labute approximate surface area is 120 Å². The van der Waals surface area contributed by atoms with Crippen LogP contribution in [0.15, 0.2) is 54.6 Å². The van der Waals surface area contributed by atoms with E-state index in [-0.39, 0.29) is 5.56 Å². The minimum Gasteiger partial charge on any atom is -0.478 e. The van der Waals surface area contributed by atoms with Crippen molar-refractivity contribution in [3.05, 3.63) is 65.7 Å². The van der Waals surface area contributed by atoms with E-state index in [0.717, 1.165) is 5.56 Å². The molecule has 0 unspecified atom stereocenters. The Morgan fingerprint density at radius 3 is 2.67 bits per heavy atom. The van der Waals surface area contributed by atoms with Gasteiger partial charge in [-0.1, -0.05) is 42.5 Å². The number of hydrogen-bond donors (Lipinski definition) is 1. The summed E-state index contributed by atoms with van der Waals surface area (Å²) in [5.74, 6) is -0.567. The van der Waals surface area contributed by atoms with Crippen molar-refractivity contribution in [1.29, 1.82) is 0 Å². The predicted molar refractivity (Wildman–Crippen MR) is 75.8 cm³/mol. The van der Waals surface area contributed by atoms with E-state index in [1.54, 1.807) is 12.1 Å². The molecule has 0 amide bonds. The molecule has 0 radical (unpaired) electrons. The molecule has 6 heteroatoms. The maximum absolute atomic E-state index is 11.0. The third-order valence-corrected chi connectivity index (χ3v) is 2.99. The normalized spacial score (nSPS) is 10.5. The molecule has 2 aromatic carbocycles. The second-order valence-corrected chi connectivity index (χ2v) is 4.52. The van der Waals surface area contributed by atoms with Crippen LogP contribution in [0.3, 0.4) is 0 Å². The van der Waals surface area contributed by atoms with Gasteiger partial charge in [0.15, 0.2) is 0 Å². The van der Waals surface area contributed by atoms with Crippen LogP contribution in [-0.4, -0.2) is 31.3 Å². The molecule has 6 nitrogen and oxygen atoms in total. The van der Waals surface area contributed by atoms with Gasteiger partial charge in [0.05, 0.1) is 12.1 Å². The molecular formula is C15H12N4O2. The Morgan fingerprint density at radius 1 is 1.10 bits per heavy atom. The number of carboxylic acid groups (broad SMARTS) is 1. The van der Waals surface area contributed by atoms with Crippen molar-refractivity contribution in [3.8, 4) is 11.4 Å². The van der Waals surface area contributed by atoms with Gasteiger partial charge in [0.2, 0.25) is 5.82 Å². The quantitative estimate of drug-likeness (QED) is 0.791. The number of aromatic nitrogens is 4. The summed E-state index contributed by atoms with van der Waals surface area (Å²) < 4.78 is 0. The summed E-state index contributed by atoms with van der Waals surface area (Å²) in [6.07, 6.45) is 0. The minimum atomic E-state index is -0.978. The number of benzene rings is 2. The van der Waals surface area contributed by atoms with E-state index >= 15 is 0 Å². The van der Waals surface area contributed by atoms with Gasteiger partial charge >= 0.3 is 5.97 Å². The lowest BCUT2D eigenvalue weighted by Crippen LogP contribution is -2.03. The van der Waals surface area contributed by atoms with Crippen LogP contribution in [0.4, 0.5) is 0 Å². The summed E-state index contributed by atoms with van der Waals surface area (Å²) in [5, 5.41) is 21.2. The van der Waals surface area contributed by atoms with Gasteiger partial charge in [-0.3, -0.25) is 0 Å². The van der Waals surface area contributed by atoms with Gasteiger partial charge in [0.25, 0.3) is 0 Å². The van der Waals surface area contributed by atoms with E-state index < -0.39 is 5.97 Å². The lowest BCUT2D eigenvalue weighted by Gasteiger charge is -1.99. The van der Waals surface area contributed by atoms with Gasteiger partial charge < -0.3 is 5.11 Å². The summed E-state index contributed by atoms with van der Waals surface area (Å²) in [7, 11) is 0. The lowest BCUT2D eigenvalue weighted by molar-refractivity contribution is 0.0697. The Kier molecular flexibility index (Phi) is 3.42. The molecule has 1 N–H and O–H groups in total. The van der Waals surface area contributed by atoms with Gasteiger partial charge in [0, 0.05) is 5.56 Å². The van der Waals surface area contributed by atoms with Crippen LogP contribution in [0.5, 0.6) is 0 Å². The van der Waals surface area contributed by atoms with Crippen LogP contribution < -0.4 is 0 Å². The monoisotopic (exact) mass is 280 g/mol. The second kappa shape index (κ2) is 5.54. The number of carboxylic acids is 1. The van der Waals surface area contributed by atoms with E-state index in [1.165, 1.54) is 16.9 Å². The molecule has 1 heterocycles. The maximum atomic E-state index is 11.0. The number of carbonyl (C=O) groups is 1. The number of nitrogens with zero attached hydrogens (tertiary/aromatic N) is 4. The van der Waals surface area contributed by atoms with Crippen LogP contribution in [0.25, 0.3) is 11.4 Å². The van der Waals surface area contributed by atoms with Gasteiger partial charge in [-0.25, -0.2) is 4.79 Å². The van der Waals surface area contributed by atoms with Crippen molar-refractivity contribution < 1.29 is 9.90 Å². The highest BCUT2D eigenvalue weighted by Gasteiger charge is 2.09. The fourth-order valence-corrected chi connectivity index (χ4v) is 1.96. The maximum Gasteiger partial charge on any atom is 0.335 e. The predicted octanol–water partition coefficient (Wildman–Crippen LogP) is 2.09. The third-order valence-electron chi connectivity index (χ3n) is 2.99. The van der Waals surface area contributed by atoms with E-state index in [9.17, 15) is 4.79 Å². The number of rotatable bonds is 4. The highest BCUT2D eigenvalue weighted by molar-refractivity contribution is 5.88. The van der Waals surface area contributed by atoms with Crippen molar-refractivity contribution in [2.24, 2.45) is 0 Å². The van der Waals surface area contributed by atoms with Crippen LogP contribution in [0.2, 0.25) is 0 Å². The molecule has 0 atom stereocenters. The zero-order valence-electron chi connectivity index (χ0n) is 11.0. The molecular weight excluding hydrogens is 268 g/mol. The van der Waals surface area contributed by atoms with Crippen molar-refractivity contribution in [3.63, 3.8) is 0 Å². The van der Waals surface area contributed by atoms with E-state index in [0.29, 0.717) is 17.9 Å². The second-order valence-electron chi connectivity index (χ2n) is 4.52. The first kappa shape index (κ1) is 13.0. The average molecular weight is 280 g/mol. The summed E-state index contributed by atoms with van der Waals surface area (Å²) in [4.78, 5) is 12.5. The molecule has 0 saturated carbocycles. The summed E-state index contributed by atoms with van der Waals surface area (Å²) in [5.41, 5.74) is 1.90. The average Bonchev–Trinajstić information content (AvgIpc) is 2.97. The highest BCUT2D eigenvalue weighted by Crippen LogP contribution is 2.15. The van der Waals surface area contributed by atoms with E-state index in [1.807, 2.05) is 30.3 Å². The molecule has 0 bridgehead atoms. The van der Waals surface area contributed by atoms with E-state index in [2.05, 4.69) is 15.4 Å². The first-order valence-electron chi connectivity index (χ1n) is 6.38. The van der Waals surface area contributed by atoms with Crippen molar-refractivity contribution >= 4 is 5.97 Å². The molecule has 0 aliphatic carbocycles. The van der Waals surface area contributed by atoms with E-state index in [4.69, 9.17) is 5.11 Å². The highest BCUT2D eigenvalue weighted by atomic mass is 16.4. The Bertz CT molecular complexity index is 768. The fourth-order valence-electron chi connectivity index (χ4n) is 1.96. The molecule has 0 saturated heterocycles. The Balaban J connectivity index is 1.85. The Morgan fingerprint density at radius 2 is 1.90 bits per heavy atom. The first-order valence-corrected chi connectivity index (χ1v) is 6.38. The zero-order chi connectivity index (χ0) is 14.7. The van der Waals surface area contributed by atoms with Crippen LogP contribution in [0.1, 0.15) is 15.9 Å². The van der Waals surface area contributed by atoms with Crippen molar-refractivity contribution in [1.82, 2.24) is 20.2 Å². The lowest BCUT2D eigenvalue weighted by atomic mass is 10.1. The molecule has 0 aliphatic rings. The van der Waals surface area contributed by atoms with Crippen molar-refractivity contribution in [2.45, 2.75) is 6.54 Å². The molecule has 0 aliphatic heterocycles. The van der Waals surface area contributed by atoms with Crippen LogP contribution in [0, 0.1) is 0 Å². The summed E-state index contributed by atoms with van der Waals surface area (Å²) in [6.45, 7) is 0.520. The fraction of sp³-hybridized carbons (Fsp3) is 0.0667. The standard InChI is InChI=1S/C15H12N4O2/c20-15(21)13-8-4-7-12(9-13)14-16-18-19(17-14)10-11-5-2-1-3-6-11/h1-9H,10H2,(H,20,21). The van der Waals surface area contributed by atoms with Gasteiger partial charge in [-0.2, -0.15) is 4.80 Å². The van der Waals surface area contributed by atoms with Crippen LogP contribution in [-0.2, 0) is 6.54 Å². The SMILES string of the molecule is O=C(O)c1cccc(-c2nnn(Cc3ccccc3)n2)c1. The van der Waals surface area contributed by atoms with Crippen LogP contribution >= 0.6 is 0 Å². The molecule has 104 valence electrons. The number of hydrogen-bond acceptors (Lipinski definition) is 4. The summed E-state index contributed by atoms with van der Waals surface area (Å²) in [6, 6.07) is 16.3. The summed E-state index contributed by atoms with van der Waals surface area (Å²) >= 11 is 0. The molecule has 21 heavy (non-hydrogen) atoms. The van der Waals surface area contributed by atoms with Gasteiger partial charge in [-0.15, -0.1) is 10.2 Å². The van der Waals surface area contributed by atoms with Gasteiger partial charge in [-0.05, 0) is 22.9 Å². The Hall–Kier alpha value is -3.02. The topological polar surface area (TPSA) is 80.9 Å². The van der Waals surface area contributed by atoms with Crippen molar-refractivity contribution in [2.75, 3.05) is 0 Å². The molecule has 0 fully saturated rings. The number of aromatic carboxylic acids is 1. The molecule has 0 spiro atoms. The largest absolute Gasteiger partial charge is 0.478 e. The third kappa shape index (κ3) is 2.94. The van der Waals surface area contributed by atoms with Gasteiger partial charge in [0.1, 0.15) is 0 Å².